The SMILES string of the molecule is CN1CCC(N(Cc2ccccc2)C(=S)NC2CCCCCCC2)CC1. The predicted molar refractivity (Wildman–Crippen MR) is 114 cm³/mol. The standard InChI is InChI=1S/C22H35N3S/c1-24-16-14-21(15-17-24)25(18-19-10-6-5-7-11-19)22(26)23-20-12-8-3-2-4-9-13-20/h5-7,10-11,20-21H,2-4,8-9,12-18H2,1H3,(H,23,26). The number of piperidine rings is 1. The number of nitrogens with one attached hydrogen (secondary N) is 1. The van der Waals surface area contributed by atoms with Gasteiger partial charge in [0.25, 0.3) is 0 Å². The normalized spacial score (nSPS) is 21.0. The van der Waals surface area contributed by atoms with Crippen molar-refractivity contribution in [2.24, 2.45) is 0 Å². The first kappa shape index (κ1) is 19.6. The summed E-state index contributed by atoms with van der Waals surface area (Å²) in [4.78, 5) is 4.92. The summed E-state index contributed by atoms with van der Waals surface area (Å²) < 4.78 is 0. The quantitative estimate of drug-likeness (QED) is 0.779. The van der Waals surface area contributed by atoms with Gasteiger partial charge in [-0.05, 0) is 63.6 Å². The van der Waals surface area contributed by atoms with Crippen LogP contribution in [0.15, 0.2) is 30.3 Å². The van der Waals surface area contributed by atoms with Crippen LogP contribution in [0.3, 0.4) is 0 Å². The van der Waals surface area contributed by atoms with Crippen LogP contribution in [-0.4, -0.2) is 47.1 Å². The molecular weight excluding hydrogens is 338 g/mol. The van der Waals surface area contributed by atoms with Crippen molar-refractivity contribution in [1.29, 1.82) is 0 Å². The highest BCUT2D eigenvalue weighted by molar-refractivity contribution is 7.80. The summed E-state index contributed by atoms with van der Waals surface area (Å²) >= 11 is 5.94. The molecule has 2 aliphatic rings. The second-order valence-corrected chi connectivity index (χ2v) is 8.53. The summed E-state index contributed by atoms with van der Waals surface area (Å²) in [5.74, 6) is 0. The highest BCUT2D eigenvalue weighted by Crippen LogP contribution is 2.21. The molecular formula is C22H35N3S. The second-order valence-electron chi connectivity index (χ2n) is 8.14. The molecule has 0 spiro atoms. The van der Waals surface area contributed by atoms with Crippen LogP contribution in [0.1, 0.15) is 63.4 Å². The van der Waals surface area contributed by atoms with Crippen molar-refractivity contribution in [3.05, 3.63) is 35.9 Å². The molecule has 0 unspecified atom stereocenters. The number of hydrogen-bond acceptors (Lipinski definition) is 2. The molecule has 1 aromatic rings. The molecule has 1 heterocycles. The van der Waals surface area contributed by atoms with Crippen molar-refractivity contribution < 1.29 is 0 Å². The van der Waals surface area contributed by atoms with E-state index in [0.717, 1.165) is 11.7 Å². The molecule has 144 valence electrons. The fourth-order valence-corrected chi connectivity index (χ4v) is 4.69. The van der Waals surface area contributed by atoms with Gasteiger partial charge in [0.2, 0.25) is 0 Å². The fourth-order valence-electron chi connectivity index (χ4n) is 4.31. The van der Waals surface area contributed by atoms with Gasteiger partial charge in [-0.25, -0.2) is 0 Å². The third-order valence-corrected chi connectivity index (χ3v) is 6.37. The topological polar surface area (TPSA) is 18.5 Å². The average molecular weight is 374 g/mol. The van der Waals surface area contributed by atoms with Gasteiger partial charge in [-0.1, -0.05) is 62.4 Å². The van der Waals surface area contributed by atoms with Crippen LogP contribution in [-0.2, 0) is 6.54 Å². The number of nitrogens with zero attached hydrogens (tertiary/aromatic N) is 2. The maximum atomic E-state index is 5.94. The lowest BCUT2D eigenvalue weighted by Gasteiger charge is -2.40. The molecule has 0 radical (unpaired) electrons. The summed E-state index contributed by atoms with van der Waals surface area (Å²) in [6, 6.07) is 11.9. The van der Waals surface area contributed by atoms with Crippen LogP contribution in [0.2, 0.25) is 0 Å². The molecule has 1 aliphatic carbocycles. The van der Waals surface area contributed by atoms with Crippen LogP contribution in [0.25, 0.3) is 0 Å². The maximum absolute atomic E-state index is 5.94. The first-order valence-electron chi connectivity index (χ1n) is 10.5. The summed E-state index contributed by atoms with van der Waals surface area (Å²) in [6.07, 6.45) is 11.8. The summed E-state index contributed by atoms with van der Waals surface area (Å²) in [5.41, 5.74) is 1.35. The van der Waals surface area contributed by atoms with E-state index in [0.29, 0.717) is 12.1 Å². The summed E-state index contributed by atoms with van der Waals surface area (Å²) in [7, 11) is 2.23. The third-order valence-electron chi connectivity index (χ3n) is 6.02. The van der Waals surface area contributed by atoms with E-state index in [2.05, 4.69) is 52.5 Å². The molecule has 1 N–H and O–H groups in total. The Kier molecular flexibility index (Phi) is 7.75. The second kappa shape index (κ2) is 10.3. The summed E-state index contributed by atoms with van der Waals surface area (Å²) in [6.45, 7) is 3.26. The molecule has 1 aromatic carbocycles. The molecule has 3 nitrogen and oxygen atoms in total. The molecule has 3 rings (SSSR count). The Morgan fingerprint density at radius 1 is 1.00 bits per heavy atom. The van der Waals surface area contributed by atoms with Crippen LogP contribution in [0.4, 0.5) is 0 Å². The van der Waals surface area contributed by atoms with E-state index < -0.39 is 0 Å². The summed E-state index contributed by atoms with van der Waals surface area (Å²) in [5, 5.41) is 4.74. The van der Waals surface area contributed by atoms with Gasteiger partial charge in [-0.3, -0.25) is 0 Å². The van der Waals surface area contributed by atoms with E-state index in [4.69, 9.17) is 12.2 Å². The lowest BCUT2D eigenvalue weighted by molar-refractivity contribution is 0.169. The van der Waals surface area contributed by atoms with Gasteiger partial charge in [0, 0.05) is 18.6 Å². The van der Waals surface area contributed by atoms with Gasteiger partial charge < -0.3 is 15.1 Å². The van der Waals surface area contributed by atoms with E-state index >= 15 is 0 Å². The zero-order valence-corrected chi connectivity index (χ0v) is 17.1. The molecule has 0 amide bonds. The zero-order chi connectivity index (χ0) is 18.2. The number of thiocarbonyl (C=S) groups is 1. The number of benzene rings is 1. The highest BCUT2D eigenvalue weighted by atomic mass is 32.1. The van der Waals surface area contributed by atoms with Gasteiger partial charge in [0.1, 0.15) is 0 Å². The molecule has 2 fully saturated rings. The van der Waals surface area contributed by atoms with Crippen molar-refractivity contribution in [1.82, 2.24) is 15.1 Å². The van der Waals surface area contributed by atoms with E-state index in [-0.39, 0.29) is 0 Å². The van der Waals surface area contributed by atoms with E-state index in [1.54, 1.807) is 0 Å². The van der Waals surface area contributed by atoms with Crippen molar-refractivity contribution in [3.8, 4) is 0 Å². The fraction of sp³-hybridized carbons (Fsp3) is 0.682. The maximum Gasteiger partial charge on any atom is 0.169 e. The highest BCUT2D eigenvalue weighted by Gasteiger charge is 2.26. The van der Waals surface area contributed by atoms with Gasteiger partial charge in [-0.15, -0.1) is 0 Å². The van der Waals surface area contributed by atoms with Crippen molar-refractivity contribution >= 4 is 17.3 Å². The lowest BCUT2D eigenvalue weighted by atomic mass is 9.97. The number of rotatable bonds is 4. The Morgan fingerprint density at radius 3 is 2.27 bits per heavy atom. The minimum atomic E-state index is 0.556. The smallest absolute Gasteiger partial charge is 0.169 e. The van der Waals surface area contributed by atoms with Crippen LogP contribution < -0.4 is 5.32 Å². The lowest BCUT2D eigenvalue weighted by Crippen LogP contribution is -2.51. The molecule has 4 heteroatoms. The van der Waals surface area contributed by atoms with Crippen LogP contribution >= 0.6 is 12.2 Å². The molecule has 0 atom stereocenters. The van der Waals surface area contributed by atoms with E-state index in [1.165, 1.54) is 76.4 Å². The van der Waals surface area contributed by atoms with Crippen molar-refractivity contribution in [2.45, 2.75) is 76.4 Å². The first-order valence-corrected chi connectivity index (χ1v) is 10.9. The van der Waals surface area contributed by atoms with Gasteiger partial charge in [0.05, 0.1) is 0 Å². The van der Waals surface area contributed by atoms with Crippen LogP contribution in [0.5, 0.6) is 0 Å². The minimum absolute atomic E-state index is 0.556. The zero-order valence-electron chi connectivity index (χ0n) is 16.3. The largest absolute Gasteiger partial charge is 0.360 e. The predicted octanol–water partition coefficient (Wildman–Crippen LogP) is 4.57. The van der Waals surface area contributed by atoms with E-state index in [9.17, 15) is 0 Å². The minimum Gasteiger partial charge on any atom is -0.360 e. The third kappa shape index (κ3) is 5.95. The Balaban J connectivity index is 1.65. The Morgan fingerprint density at radius 2 is 1.62 bits per heavy atom. The first-order chi connectivity index (χ1) is 12.7. The average Bonchev–Trinajstić information content (AvgIpc) is 2.63. The number of hydrogen-bond donors (Lipinski definition) is 1. The van der Waals surface area contributed by atoms with Crippen molar-refractivity contribution in [3.63, 3.8) is 0 Å². The molecule has 1 saturated carbocycles. The Bertz CT molecular complexity index is 532. The number of likely N-dealkylation sites (tertiary alicyclic amines) is 1. The molecule has 0 aromatic heterocycles. The van der Waals surface area contributed by atoms with Crippen LogP contribution in [0, 0.1) is 0 Å². The Hall–Kier alpha value is -1.13. The van der Waals surface area contributed by atoms with Gasteiger partial charge >= 0.3 is 0 Å². The van der Waals surface area contributed by atoms with Gasteiger partial charge in [0.15, 0.2) is 5.11 Å². The Labute approximate surface area is 165 Å². The monoisotopic (exact) mass is 373 g/mol. The van der Waals surface area contributed by atoms with Gasteiger partial charge in [-0.2, -0.15) is 0 Å². The molecule has 0 bridgehead atoms. The van der Waals surface area contributed by atoms with Crippen molar-refractivity contribution in [2.75, 3.05) is 20.1 Å². The molecule has 1 aliphatic heterocycles. The molecule has 26 heavy (non-hydrogen) atoms. The van der Waals surface area contributed by atoms with E-state index in [1.807, 2.05) is 0 Å². The molecule has 1 saturated heterocycles.